The summed E-state index contributed by atoms with van der Waals surface area (Å²) in [5.41, 5.74) is -0.478. The van der Waals surface area contributed by atoms with E-state index in [-0.39, 0.29) is 5.78 Å². The maximum Gasteiger partial charge on any atom is 0.430 e. The zero-order valence-electron chi connectivity index (χ0n) is 16.1. The van der Waals surface area contributed by atoms with Crippen LogP contribution < -0.4 is 5.43 Å². The highest BCUT2D eigenvalue weighted by Gasteiger charge is 2.48. The standard InChI is InChI=1S/C18H30N2O5/c1-8-18(12-10-9-11-13(18)21)20(15(23)25-17(5,6)7)19-14(22)24-16(2,3)4/h8H,1,9-12H2,2-7H3,(H,19,22)/t18-/m1/s1. The summed E-state index contributed by atoms with van der Waals surface area (Å²) >= 11 is 0. The third-order valence-corrected chi connectivity index (χ3v) is 3.61. The van der Waals surface area contributed by atoms with Gasteiger partial charge < -0.3 is 9.47 Å². The van der Waals surface area contributed by atoms with E-state index < -0.39 is 28.9 Å². The van der Waals surface area contributed by atoms with Crippen LogP contribution in [0.15, 0.2) is 12.7 Å². The van der Waals surface area contributed by atoms with Crippen LogP contribution in [0.3, 0.4) is 0 Å². The van der Waals surface area contributed by atoms with Crippen molar-refractivity contribution < 1.29 is 23.9 Å². The van der Waals surface area contributed by atoms with Crippen molar-refractivity contribution in [2.24, 2.45) is 0 Å². The van der Waals surface area contributed by atoms with Crippen molar-refractivity contribution in [3.8, 4) is 0 Å². The number of ether oxygens (including phenoxy) is 2. The summed E-state index contributed by atoms with van der Waals surface area (Å²) in [5.74, 6) is -0.185. The Balaban J connectivity index is 3.17. The first-order valence-electron chi connectivity index (χ1n) is 8.50. The zero-order chi connectivity index (χ0) is 19.5. The van der Waals surface area contributed by atoms with Crippen molar-refractivity contribution in [3.05, 3.63) is 12.7 Å². The summed E-state index contributed by atoms with van der Waals surface area (Å²) in [6, 6.07) is 0. The topological polar surface area (TPSA) is 84.9 Å². The van der Waals surface area contributed by atoms with Crippen molar-refractivity contribution in [2.45, 2.75) is 84.0 Å². The van der Waals surface area contributed by atoms with Gasteiger partial charge in [-0.15, -0.1) is 6.58 Å². The molecule has 25 heavy (non-hydrogen) atoms. The van der Waals surface area contributed by atoms with Crippen LogP contribution in [0.5, 0.6) is 0 Å². The summed E-state index contributed by atoms with van der Waals surface area (Å²) in [6.07, 6.45) is 1.88. The molecular formula is C18H30N2O5. The van der Waals surface area contributed by atoms with E-state index in [1.54, 1.807) is 41.5 Å². The number of carbonyl (C=O) groups is 3. The van der Waals surface area contributed by atoms with Crippen LogP contribution in [0.4, 0.5) is 9.59 Å². The molecule has 1 aliphatic carbocycles. The van der Waals surface area contributed by atoms with Gasteiger partial charge in [0.1, 0.15) is 16.7 Å². The van der Waals surface area contributed by atoms with Crippen LogP contribution in [0, 0.1) is 0 Å². The molecular weight excluding hydrogens is 324 g/mol. The van der Waals surface area contributed by atoms with E-state index in [4.69, 9.17) is 9.47 Å². The highest BCUT2D eigenvalue weighted by molar-refractivity contribution is 5.94. The first-order valence-corrected chi connectivity index (χ1v) is 8.50. The number of nitrogens with zero attached hydrogens (tertiary/aromatic N) is 1. The molecule has 0 radical (unpaired) electrons. The van der Waals surface area contributed by atoms with E-state index in [1.165, 1.54) is 6.08 Å². The van der Waals surface area contributed by atoms with Gasteiger partial charge in [-0.05, 0) is 60.8 Å². The minimum atomic E-state index is -1.34. The minimum Gasteiger partial charge on any atom is -0.443 e. The zero-order valence-corrected chi connectivity index (χ0v) is 16.1. The average Bonchev–Trinajstić information content (AvgIpc) is 2.42. The van der Waals surface area contributed by atoms with E-state index in [9.17, 15) is 14.4 Å². The van der Waals surface area contributed by atoms with Gasteiger partial charge in [0.2, 0.25) is 0 Å². The number of amides is 2. The molecule has 0 aliphatic heterocycles. The molecule has 0 unspecified atom stereocenters. The van der Waals surface area contributed by atoms with Crippen molar-refractivity contribution >= 4 is 18.0 Å². The van der Waals surface area contributed by atoms with Crippen molar-refractivity contribution in [2.75, 3.05) is 0 Å². The summed E-state index contributed by atoms with van der Waals surface area (Å²) in [5, 5.41) is 0.931. The van der Waals surface area contributed by atoms with Gasteiger partial charge in [-0.1, -0.05) is 6.08 Å². The predicted octanol–water partition coefficient (Wildman–Crippen LogP) is 3.73. The molecule has 1 N–H and O–H groups in total. The lowest BCUT2D eigenvalue weighted by molar-refractivity contribution is -0.132. The molecule has 0 aromatic heterocycles. The van der Waals surface area contributed by atoms with Crippen molar-refractivity contribution in [1.29, 1.82) is 0 Å². The summed E-state index contributed by atoms with van der Waals surface area (Å²) < 4.78 is 10.6. The van der Waals surface area contributed by atoms with Gasteiger partial charge in [0.15, 0.2) is 5.78 Å². The monoisotopic (exact) mass is 354 g/mol. The number of ketones is 1. The normalized spacial score (nSPS) is 21.3. The number of rotatable bonds is 2. The summed E-state index contributed by atoms with van der Waals surface area (Å²) in [4.78, 5) is 37.5. The molecule has 0 heterocycles. The Kier molecular flexibility index (Phi) is 6.26. The molecule has 0 spiro atoms. The molecule has 0 aromatic carbocycles. The molecule has 2 amide bonds. The molecule has 1 fully saturated rings. The van der Waals surface area contributed by atoms with E-state index in [2.05, 4.69) is 12.0 Å². The van der Waals surface area contributed by atoms with Crippen LogP contribution in [0.2, 0.25) is 0 Å². The molecule has 1 rings (SSSR count). The molecule has 0 aromatic rings. The van der Waals surface area contributed by atoms with E-state index in [1.807, 2.05) is 0 Å². The third-order valence-electron chi connectivity index (χ3n) is 3.61. The van der Waals surface area contributed by atoms with Crippen LogP contribution in [-0.4, -0.2) is 39.7 Å². The fraction of sp³-hybridized carbons (Fsp3) is 0.722. The molecule has 7 nitrogen and oxygen atoms in total. The van der Waals surface area contributed by atoms with Gasteiger partial charge in [-0.25, -0.2) is 15.0 Å². The highest BCUT2D eigenvalue weighted by atomic mass is 16.6. The second-order valence-electron chi connectivity index (χ2n) is 8.19. The SMILES string of the molecule is C=C[C@@]1(N(NC(=O)OC(C)(C)C)C(=O)OC(C)(C)C)CCCCC1=O. The van der Waals surface area contributed by atoms with Gasteiger partial charge in [0, 0.05) is 6.42 Å². The van der Waals surface area contributed by atoms with Crippen LogP contribution in [0.1, 0.15) is 67.2 Å². The average molecular weight is 354 g/mol. The number of nitrogens with one attached hydrogen (secondary N) is 1. The Bertz CT molecular complexity index is 545. The lowest BCUT2D eigenvalue weighted by Crippen LogP contribution is -2.64. The van der Waals surface area contributed by atoms with Gasteiger partial charge in [0.25, 0.3) is 0 Å². The number of hydrazine groups is 1. The number of Topliss-reactive ketones (excluding diaryl/α,β-unsaturated/α-hetero) is 1. The van der Waals surface area contributed by atoms with E-state index in [0.29, 0.717) is 12.8 Å². The maximum absolute atomic E-state index is 12.7. The Labute approximate surface area is 149 Å². The lowest BCUT2D eigenvalue weighted by Gasteiger charge is -2.42. The van der Waals surface area contributed by atoms with Gasteiger partial charge in [-0.2, -0.15) is 5.01 Å². The lowest BCUT2D eigenvalue weighted by atomic mass is 9.80. The first kappa shape index (κ1) is 21.0. The van der Waals surface area contributed by atoms with Crippen LogP contribution >= 0.6 is 0 Å². The van der Waals surface area contributed by atoms with Crippen LogP contribution in [0.25, 0.3) is 0 Å². The van der Waals surface area contributed by atoms with E-state index >= 15 is 0 Å². The molecule has 1 atom stereocenters. The second-order valence-corrected chi connectivity index (χ2v) is 8.19. The number of hydrogen-bond donors (Lipinski definition) is 1. The summed E-state index contributed by atoms with van der Waals surface area (Å²) in [6.45, 7) is 14.0. The quantitative estimate of drug-likeness (QED) is 0.603. The predicted molar refractivity (Wildman–Crippen MR) is 93.8 cm³/mol. The third kappa shape index (κ3) is 5.76. The Morgan fingerprint density at radius 2 is 1.68 bits per heavy atom. The van der Waals surface area contributed by atoms with Crippen molar-refractivity contribution in [1.82, 2.24) is 10.4 Å². The Morgan fingerprint density at radius 1 is 1.12 bits per heavy atom. The Hall–Kier alpha value is -2.05. The second kappa shape index (κ2) is 7.45. The molecule has 1 saturated carbocycles. The molecule has 142 valence electrons. The van der Waals surface area contributed by atoms with Crippen LogP contribution in [-0.2, 0) is 14.3 Å². The summed E-state index contributed by atoms with van der Waals surface area (Å²) in [7, 11) is 0. The fourth-order valence-corrected chi connectivity index (χ4v) is 2.59. The fourth-order valence-electron chi connectivity index (χ4n) is 2.59. The maximum atomic E-state index is 12.7. The largest absolute Gasteiger partial charge is 0.443 e. The number of hydrogen-bond acceptors (Lipinski definition) is 5. The van der Waals surface area contributed by atoms with Gasteiger partial charge >= 0.3 is 12.2 Å². The highest BCUT2D eigenvalue weighted by Crippen LogP contribution is 2.32. The molecule has 7 heteroatoms. The molecule has 0 bridgehead atoms. The first-order chi connectivity index (χ1) is 11.3. The minimum absolute atomic E-state index is 0.185. The molecule has 1 aliphatic rings. The van der Waals surface area contributed by atoms with Gasteiger partial charge in [-0.3, -0.25) is 4.79 Å². The Morgan fingerprint density at radius 3 is 2.12 bits per heavy atom. The molecule has 0 saturated heterocycles. The van der Waals surface area contributed by atoms with Crippen molar-refractivity contribution in [3.63, 3.8) is 0 Å². The smallest absolute Gasteiger partial charge is 0.430 e. The van der Waals surface area contributed by atoms with E-state index in [0.717, 1.165) is 17.9 Å². The number of carbonyl (C=O) groups excluding carboxylic acids is 3. The van der Waals surface area contributed by atoms with Gasteiger partial charge in [0.05, 0.1) is 0 Å².